The molecule has 1 aliphatic heterocycles. The van der Waals surface area contributed by atoms with Gasteiger partial charge in [-0.2, -0.15) is 0 Å². The standard InChI is InChI=1S/C25H33N3O3S/c1-16(2)24(30)27-22-18-7-5-6-8-19(18)25(23(22)31-4)11-13-28(14-12-25)21(29)10-9-20-17(3)26-15-32-20/h5-8,15-16,22-23H,9-14H2,1-4H3,(H,27,30)/t22-,23+/m1/s1. The minimum Gasteiger partial charge on any atom is -0.378 e. The summed E-state index contributed by atoms with van der Waals surface area (Å²) in [6, 6.07) is 8.21. The summed E-state index contributed by atoms with van der Waals surface area (Å²) in [5.41, 5.74) is 5.09. The highest BCUT2D eigenvalue weighted by Crippen LogP contribution is 2.52. The molecule has 1 aromatic heterocycles. The molecule has 1 spiro atoms. The highest BCUT2D eigenvalue weighted by Gasteiger charge is 2.54. The monoisotopic (exact) mass is 455 g/mol. The van der Waals surface area contributed by atoms with Crippen molar-refractivity contribution >= 4 is 23.2 Å². The molecule has 7 heteroatoms. The van der Waals surface area contributed by atoms with Gasteiger partial charge in [0.25, 0.3) is 0 Å². The number of methoxy groups -OCH3 is 1. The van der Waals surface area contributed by atoms with Crippen molar-refractivity contribution < 1.29 is 14.3 Å². The number of thiazole rings is 1. The number of piperidine rings is 1. The van der Waals surface area contributed by atoms with Crippen LogP contribution in [-0.2, 0) is 26.2 Å². The fourth-order valence-corrected chi connectivity index (χ4v) is 6.13. The Bertz CT molecular complexity index is 978. The Morgan fingerprint density at radius 3 is 2.62 bits per heavy atom. The van der Waals surface area contributed by atoms with Crippen LogP contribution in [-0.4, -0.2) is 48.0 Å². The molecule has 0 bridgehead atoms. The lowest BCUT2D eigenvalue weighted by molar-refractivity contribution is -0.134. The van der Waals surface area contributed by atoms with Crippen molar-refractivity contribution in [1.82, 2.24) is 15.2 Å². The second kappa shape index (κ2) is 9.32. The predicted molar refractivity (Wildman–Crippen MR) is 126 cm³/mol. The minimum absolute atomic E-state index is 0.0369. The molecule has 1 fully saturated rings. The van der Waals surface area contributed by atoms with Crippen LogP contribution in [0.3, 0.4) is 0 Å². The maximum Gasteiger partial charge on any atom is 0.223 e. The van der Waals surface area contributed by atoms with Gasteiger partial charge in [-0.1, -0.05) is 38.1 Å². The van der Waals surface area contributed by atoms with Crippen LogP contribution in [0.5, 0.6) is 0 Å². The van der Waals surface area contributed by atoms with Crippen molar-refractivity contribution in [1.29, 1.82) is 0 Å². The third-order valence-electron chi connectivity index (χ3n) is 7.17. The van der Waals surface area contributed by atoms with Gasteiger partial charge in [-0.25, -0.2) is 4.98 Å². The van der Waals surface area contributed by atoms with E-state index in [0.29, 0.717) is 19.5 Å². The van der Waals surface area contributed by atoms with Crippen LogP contribution in [0.1, 0.15) is 60.8 Å². The largest absolute Gasteiger partial charge is 0.378 e. The molecular formula is C25H33N3O3S. The normalized spacial score (nSPS) is 21.7. The topological polar surface area (TPSA) is 71.5 Å². The number of hydrogen-bond acceptors (Lipinski definition) is 5. The second-order valence-electron chi connectivity index (χ2n) is 9.28. The van der Waals surface area contributed by atoms with Crippen molar-refractivity contribution in [3.63, 3.8) is 0 Å². The fourth-order valence-electron chi connectivity index (χ4n) is 5.35. The Labute approximate surface area is 194 Å². The highest BCUT2D eigenvalue weighted by molar-refractivity contribution is 7.09. The van der Waals surface area contributed by atoms with E-state index >= 15 is 0 Å². The van der Waals surface area contributed by atoms with Crippen molar-refractivity contribution in [2.75, 3.05) is 20.2 Å². The molecule has 2 aliphatic rings. The van der Waals surface area contributed by atoms with Crippen molar-refractivity contribution in [3.8, 4) is 0 Å². The quantitative estimate of drug-likeness (QED) is 0.720. The number of carbonyl (C=O) groups excluding carboxylic acids is 2. The summed E-state index contributed by atoms with van der Waals surface area (Å²) in [7, 11) is 1.74. The lowest BCUT2D eigenvalue weighted by atomic mass is 9.71. The van der Waals surface area contributed by atoms with Gasteiger partial charge in [0.1, 0.15) is 0 Å². The average Bonchev–Trinajstić information content (AvgIpc) is 3.31. The third-order valence-corrected chi connectivity index (χ3v) is 8.17. The van der Waals surface area contributed by atoms with E-state index in [1.54, 1.807) is 18.4 Å². The number of likely N-dealkylation sites (tertiary alicyclic amines) is 1. The van der Waals surface area contributed by atoms with Crippen molar-refractivity contribution in [2.45, 2.75) is 64.0 Å². The molecule has 2 heterocycles. The summed E-state index contributed by atoms with van der Waals surface area (Å²) in [4.78, 5) is 32.9. The molecule has 1 saturated heterocycles. The molecule has 6 nitrogen and oxygen atoms in total. The van der Waals surface area contributed by atoms with E-state index < -0.39 is 0 Å². The number of hydrogen-bond donors (Lipinski definition) is 1. The number of aromatic nitrogens is 1. The lowest BCUT2D eigenvalue weighted by Crippen LogP contribution is -2.52. The number of amides is 2. The Kier molecular flexibility index (Phi) is 6.67. The molecule has 0 radical (unpaired) electrons. The van der Waals surface area contributed by atoms with Gasteiger partial charge >= 0.3 is 0 Å². The maximum atomic E-state index is 12.9. The molecule has 2 atom stereocenters. The summed E-state index contributed by atoms with van der Waals surface area (Å²) in [6.45, 7) is 7.23. The van der Waals surface area contributed by atoms with Gasteiger partial charge in [0, 0.05) is 42.8 Å². The minimum atomic E-state index is -0.189. The van der Waals surface area contributed by atoms with Crippen LogP contribution in [0.15, 0.2) is 29.8 Å². The van der Waals surface area contributed by atoms with Crippen LogP contribution < -0.4 is 5.32 Å². The number of rotatable bonds is 6. The van der Waals surface area contributed by atoms with Crippen LogP contribution in [0.4, 0.5) is 0 Å². The van der Waals surface area contributed by atoms with E-state index in [1.807, 2.05) is 37.2 Å². The van der Waals surface area contributed by atoms with E-state index in [4.69, 9.17) is 4.74 Å². The summed E-state index contributed by atoms with van der Waals surface area (Å²) >= 11 is 1.62. The van der Waals surface area contributed by atoms with E-state index in [2.05, 4.69) is 28.5 Å². The number of carbonyl (C=O) groups is 2. The van der Waals surface area contributed by atoms with Crippen LogP contribution >= 0.6 is 11.3 Å². The Balaban J connectivity index is 1.49. The zero-order chi connectivity index (χ0) is 22.9. The second-order valence-corrected chi connectivity index (χ2v) is 10.2. The van der Waals surface area contributed by atoms with Crippen LogP contribution in [0.2, 0.25) is 0 Å². The van der Waals surface area contributed by atoms with E-state index in [1.165, 1.54) is 10.4 Å². The summed E-state index contributed by atoms with van der Waals surface area (Å²) in [5, 5.41) is 3.23. The smallest absolute Gasteiger partial charge is 0.223 e. The molecule has 1 aromatic carbocycles. The summed E-state index contributed by atoms with van der Waals surface area (Å²) in [6.07, 6.45) is 2.81. The number of nitrogens with zero attached hydrogens (tertiary/aromatic N) is 2. The number of fused-ring (bicyclic) bond motifs is 2. The maximum absolute atomic E-state index is 12.9. The van der Waals surface area contributed by atoms with Gasteiger partial charge in [-0.05, 0) is 37.3 Å². The summed E-state index contributed by atoms with van der Waals surface area (Å²) in [5.74, 6) is 0.158. The molecule has 1 aliphatic carbocycles. The summed E-state index contributed by atoms with van der Waals surface area (Å²) < 4.78 is 6.06. The molecule has 2 amide bonds. The van der Waals surface area contributed by atoms with Crippen LogP contribution in [0.25, 0.3) is 0 Å². The molecule has 32 heavy (non-hydrogen) atoms. The first-order valence-corrected chi connectivity index (χ1v) is 12.3. The molecule has 0 unspecified atom stereocenters. The third kappa shape index (κ3) is 4.08. The van der Waals surface area contributed by atoms with Gasteiger partial charge in [-0.3, -0.25) is 9.59 Å². The lowest BCUT2D eigenvalue weighted by Gasteiger charge is -2.44. The zero-order valence-electron chi connectivity index (χ0n) is 19.4. The molecular weight excluding hydrogens is 422 g/mol. The highest BCUT2D eigenvalue weighted by atomic mass is 32.1. The molecule has 1 N–H and O–H groups in total. The number of nitrogens with one attached hydrogen (secondary N) is 1. The van der Waals surface area contributed by atoms with E-state index in [-0.39, 0.29) is 35.3 Å². The van der Waals surface area contributed by atoms with Crippen molar-refractivity contribution in [3.05, 3.63) is 51.5 Å². The van der Waals surface area contributed by atoms with Gasteiger partial charge < -0.3 is 15.0 Å². The Morgan fingerprint density at radius 2 is 2.00 bits per heavy atom. The van der Waals surface area contributed by atoms with E-state index in [9.17, 15) is 9.59 Å². The van der Waals surface area contributed by atoms with Gasteiger partial charge in [0.2, 0.25) is 11.8 Å². The van der Waals surface area contributed by atoms with Gasteiger partial charge in [0.15, 0.2) is 0 Å². The Morgan fingerprint density at radius 1 is 1.28 bits per heavy atom. The zero-order valence-corrected chi connectivity index (χ0v) is 20.2. The Hall–Kier alpha value is -2.25. The number of ether oxygens (including phenoxy) is 1. The first-order chi connectivity index (χ1) is 15.4. The molecule has 0 saturated carbocycles. The van der Waals surface area contributed by atoms with Crippen molar-refractivity contribution in [2.24, 2.45) is 5.92 Å². The fraction of sp³-hybridized carbons (Fsp3) is 0.560. The van der Waals surface area contributed by atoms with Crippen LogP contribution in [0, 0.1) is 12.8 Å². The average molecular weight is 456 g/mol. The first kappa shape index (κ1) is 22.9. The van der Waals surface area contributed by atoms with Gasteiger partial charge in [0.05, 0.1) is 23.4 Å². The molecule has 4 rings (SSSR count). The molecule has 2 aromatic rings. The number of aryl methyl sites for hydroxylation is 2. The predicted octanol–water partition coefficient (Wildman–Crippen LogP) is 3.79. The van der Waals surface area contributed by atoms with E-state index in [0.717, 1.165) is 30.5 Å². The SMILES string of the molecule is CO[C@H]1[C@H](NC(=O)C(C)C)c2ccccc2C12CCN(C(=O)CCc1scnc1C)CC2. The van der Waals surface area contributed by atoms with Gasteiger partial charge in [-0.15, -0.1) is 11.3 Å². The first-order valence-electron chi connectivity index (χ1n) is 11.5. The number of benzene rings is 1. The molecule has 172 valence electrons.